The molecule has 2 aromatic carbocycles. The van der Waals surface area contributed by atoms with Crippen molar-refractivity contribution in [3.63, 3.8) is 0 Å². The number of hydrogen-bond acceptors (Lipinski definition) is 3. The molecule has 0 fully saturated rings. The number of nitrogens with zero attached hydrogens (tertiary/aromatic N) is 1. The summed E-state index contributed by atoms with van der Waals surface area (Å²) in [6.07, 6.45) is 3.07. The smallest absolute Gasteiger partial charge is 0.338 e. The quantitative estimate of drug-likeness (QED) is 0.774. The van der Waals surface area contributed by atoms with Gasteiger partial charge in [0.25, 0.3) is 5.91 Å². The monoisotopic (exact) mass is 365 g/mol. The van der Waals surface area contributed by atoms with Crippen LogP contribution in [-0.4, -0.2) is 37.0 Å². The number of hydrogen-bond donors (Lipinski definition) is 0. The van der Waals surface area contributed by atoms with Crippen molar-refractivity contribution in [2.24, 2.45) is 0 Å². The maximum absolute atomic E-state index is 13.0. The summed E-state index contributed by atoms with van der Waals surface area (Å²) in [5, 5.41) is 0. The van der Waals surface area contributed by atoms with Crippen LogP contribution in [0.2, 0.25) is 0 Å². The molecular formula is C23H27NO3. The van der Waals surface area contributed by atoms with Crippen molar-refractivity contribution in [1.29, 1.82) is 0 Å². The zero-order valence-electron chi connectivity index (χ0n) is 16.4. The topological polar surface area (TPSA) is 46.6 Å². The Balaban J connectivity index is 2.02. The fourth-order valence-electron chi connectivity index (χ4n) is 3.73. The van der Waals surface area contributed by atoms with Gasteiger partial charge in [-0.15, -0.1) is 0 Å². The molecule has 0 unspecified atom stereocenters. The number of aryl methyl sites for hydroxylation is 4. The van der Waals surface area contributed by atoms with E-state index in [1.807, 2.05) is 30.9 Å². The average Bonchev–Trinajstić information content (AvgIpc) is 2.69. The normalized spacial score (nSPS) is 13.0. The maximum atomic E-state index is 13.0. The Morgan fingerprint density at radius 1 is 0.852 bits per heavy atom. The summed E-state index contributed by atoms with van der Waals surface area (Å²) >= 11 is 0. The van der Waals surface area contributed by atoms with E-state index in [-0.39, 0.29) is 11.9 Å². The summed E-state index contributed by atoms with van der Waals surface area (Å²) in [5.41, 5.74) is 5.71. The van der Waals surface area contributed by atoms with Crippen molar-refractivity contribution in [3.8, 4) is 0 Å². The third-order valence-corrected chi connectivity index (χ3v) is 5.40. The third-order valence-electron chi connectivity index (χ3n) is 5.40. The standard InChI is InChI=1S/C23H27NO3/c1-4-24(5-2)22(25)20-14-16-6-7-17-9-11-19(13-12-18(20)10-8-16)21(15-17)23(26)27-3/h8-11,14-15H,4-7,12-13H2,1-3H3. The number of rotatable bonds is 4. The molecule has 2 aromatic rings. The van der Waals surface area contributed by atoms with Crippen LogP contribution in [-0.2, 0) is 30.4 Å². The second-order valence-corrected chi connectivity index (χ2v) is 6.95. The van der Waals surface area contributed by atoms with Gasteiger partial charge in [0.15, 0.2) is 0 Å². The Hall–Kier alpha value is -2.62. The van der Waals surface area contributed by atoms with Crippen molar-refractivity contribution in [2.75, 3.05) is 20.2 Å². The van der Waals surface area contributed by atoms with Crippen LogP contribution in [0.1, 0.15) is 56.8 Å². The fraction of sp³-hybridized carbons (Fsp3) is 0.391. The Morgan fingerprint density at radius 3 is 1.89 bits per heavy atom. The van der Waals surface area contributed by atoms with Gasteiger partial charge in [-0.05, 0) is 73.9 Å². The van der Waals surface area contributed by atoms with E-state index in [1.165, 1.54) is 7.11 Å². The molecular weight excluding hydrogens is 338 g/mol. The summed E-state index contributed by atoms with van der Waals surface area (Å²) in [5.74, 6) is -0.201. The number of methoxy groups -OCH3 is 1. The number of ether oxygens (including phenoxy) is 1. The molecule has 4 aliphatic rings. The second-order valence-electron chi connectivity index (χ2n) is 6.95. The molecule has 0 radical (unpaired) electrons. The predicted octanol–water partition coefficient (Wildman–Crippen LogP) is 3.84. The Kier molecular flexibility index (Phi) is 5.94. The van der Waals surface area contributed by atoms with Crippen molar-refractivity contribution in [3.05, 3.63) is 69.8 Å². The molecule has 0 saturated heterocycles. The highest BCUT2D eigenvalue weighted by atomic mass is 16.5. The van der Waals surface area contributed by atoms with E-state index in [9.17, 15) is 9.59 Å². The van der Waals surface area contributed by atoms with E-state index in [2.05, 4.69) is 24.3 Å². The number of carbonyl (C=O) groups is 2. The zero-order valence-corrected chi connectivity index (χ0v) is 16.4. The van der Waals surface area contributed by atoms with Gasteiger partial charge >= 0.3 is 5.97 Å². The lowest BCUT2D eigenvalue weighted by molar-refractivity contribution is 0.0599. The minimum atomic E-state index is -0.294. The van der Waals surface area contributed by atoms with Crippen LogP contribution >= 0.6 is 0 Å². The lowest BCUT2D eigenvalue weighted by atomic mass is 9.90. The Morgan fingerprint density at radius 2 is 1.37 bits per heavy atom. The summed E-state index contributed by atoms with van der Waals surface area (Å²) in [4.78, 5) is 27.1. The highest BCUT2D eigenvalue weighted by molar-refractivity contribution is 5.96. The molecule has 0 N–H and O–H groups in total. The molecule has 0 aromatic heterocycles. The minimum absolute atomic E-state index is 0.0935. The summed E-state index contributed by atoms with van der Waals surface area (Å²) in [6.45, 7) is 5.42. The number of carbonyl (C=O) groups excluding carboxylic acids is 2. The maximum Gasteiger partial charge on any atom is 0.338 e. The molecule has 1 amide bonds. The third kappa shape index (κ3) is 4.05. The van der Waals surface area contributed by atoms with Crippen LogP contribution in [0.3, 0.4) is 0 Å². The van der Waals surface area contributed by atoms with E-state index in [0.717, 1.165) is 40.7 Å². The molecule has 6 rings (SSSR count). The van der Waals surface area contributed by atoms with Crippen LogP contribution in [0.5, 0.6) is 0 Å². The molecule has 0 spiro atoms. The van der Waals surface area contributed by atoms with E-state index >= 15 is 0 Å². The second kappa shape index (κ2) is 8.38. The lowest BCUT2D eigenvalue weighted by Crippen LogP contribution is -2.31. The SMILES string of the molecule is CCN(CC)C(=O)c1cc2ccc1CCc1ccc(cc1C(=O)OC)CC2. The van der Waals surface area contributed by atoms with Crippen molar-refractivity contribution in [2.45, 2.75) is 39.5 Å². The van der Waals surface area contributed by atoms with Gasteiger partial charge in [-0.3, -0.25) is 4.79 Å². The van der Waals surface area contributed by atoms with Gasteiger partial charge in [-0.1, -0.05) is 24.3 Å². The molecule has 0 atom stereocenters. The van der Waals surface area contributed by atoms with Crippen LogP contribution in [0.4, 0.5) is 0 Å². The van der Waals surface area contributed by atoms with Gasteiger partial charge in [0.1, 0.15) is 0 Å². The van der Waals surface area contributed by atoms with Crippen molar-refractivity contribution >= 4 is 11.9 Å². The predicted molar refractivity (Wildman–Crippen MR) is 106 cm³/mol. The van der Waals surface area contributed by atoms with Gasteiger partial charge in [-0.2, -0.15) is 0 Å². The van der Waals surface area contributed by atoms with Gasteiger partial charge < -0.3 is 9.64 Å². The van der Waals surface area contributed by atoms with Gasteiger partial charge in [-0.25, -0.2) is 4.79 Å². The van der Waals surface area contributed by atoms with E-state index in [1.54, 1.807) is 0 Å². The van der Waals surface area contributed by atoms with Crippen LogP contribution in [0.25, 0.3) is 0 Å². The molecule has 4 nitrogen and oxygen atoms in total. The summed E-state index contributed by atoms with van der Waals surface area (Å²) < 4.78 is 4.98. The Bertz CT molecular complexity index is 853. The van der Waals surface area contributed by atoms with E-state index < -0.39 is 0 Å². The Labute approximate surface area is 161 Å². The molecule has 4 bridgehead atoms. The average molecular weight is 365 g/mol. The van der Waals surface area contributed by atoms with Crippen LogP contribution in [0, 0.1) is 0 Å². The molecule has 27 heavy (non-hydrogen) atoms. The first kappa shape index (κ1) is 19.2. The molecule has 0 aliphatic heterocycles. The highest BCUT2D eigenvalue weighted by Crippen LogP contribution is 2.23. The van der Waals surface area contributed by atoms with Gasteiger partial charge in [0.05, 0.1) is 12.7 Å². The molecule has 4 aliphatic carbocycles. The van der Waals surface area contributed by atoms with Crippen LogP contribution < -0.4 is 0 Å². The number of benzene rings is 2. The lowest BCUT2D eigenvalue weighted by Gasteiger charge is -2.22. The molecule has 0 saturated carbocycles. The fourth-order valence-corrected chi connectivity index (χ4v) is 3.73. The molecule has 0 heterocycles. The van der Waals surface area contributed by atoms with E-state index in [4.69, 9.17) is 4.74 Å². The first-order chi connectivity index (χ1) is 13.1. The number of esters is 1. The van der Waals surface area contributed by atoms with Crippen molar-refractivity contribution < 1.29 is 14.3 Å². The molecule has 142 valence electrons. The van der Waals surface area contributed by atoms with Gasteiger partial charge in [0, 0.05) is 18.7 Å². The largest absolute Gasteiger partial charge is 0.465 e. The van der Waals surface area contributed by atoms with E-state index in [0.29, 0.717) is 31.5 Å². The van der Waals surface area contributed by atoms with Crippen molar-refractivity contribution in [1.82, 2.24) is 4.90 Å². The first-order valence-electron chi connectivity index (χ1n) is 9.68. The summed E-state index contributed by atoms with van der Waals surface area (Å²) in [6, 6.07) is 12.3. The highest BCUT2D eigenvalue weighted by Gasteiger charge is 2.19. The van der Waals surface area contributed by atoms with Gasteiger partial charge in [0.2, 0.25) is 0 Å². The molecule has 4 heteroatoms. The summed E-state index contributed by atoms with van der Waals surface area (Å²) in [7, 11) is 1.42. The van der Waals surface area contributed by atoms with Crippen LogP contribution in [0.15, 0.2) is 36.4 Å². The minimum Gasteiger partial charge on any atom is -0.465 e. The zero-order chi connectivity index (χ0) is 19.4. The number of amides is 1. The first-order valence-corrected chi connectivity index (χ1v) is 9.68.